The number of rotatable bonds is 6. The first kappa shape index (κ1) is 20.8. The highest BCUT2D eigenvalue weighted by atomic mass is 16.7. The van der Waals surface area contributed by atoms with Gasteiger partial charge in [0.1, 0.15) is 18.3 Å². The number of aliphatic hydroxyl groups excluding tert-OH is 3. The van der Waals surface area contributed by atoms with Crippen molar-refractivity contribution in [1.29, 1.82) is 0 Å². The van der Waals surface area contributed by atoms with Crippen molar-refractivity contribution in [3.63, 3.8) is 0 Å². The molecule has 0 spiro atoms. The number of nitrogens with zero attached hydrogens (tertiary/aromatic N) is 1. The molecule has 1 aromatic rings. The average Bonchev–Trinajstić information content (AvgIpc) is 2.65. The van der Waals surface area contributed by atoms with Gasteiger partial charge in [0.2, 0.25) is 5.75 Å². The van der Waals surface area contributed by atoms with Crippen LogP contribution in [0.5, 0.6) is 17.2 Å². The third-order valence-corrected chi connectivity index (χ3v) is 3.91. The minimum absolute atomic E-state index is 0.0379. The normalized spacial score (nSPS) is 27.7. The molecular weight excluding hydrogens is 370 g/mol. The van der Waals surface area contributed by atoms with Gasteiger partial charge in [0, 0.05) is 13.2 Å². The summed E-state index contributed by atoms with van der Waals surface area (Å²) in [4.78, 5) is 22.8. The Morgan fingerprint density at radius 2 is 1.63 bits per heavy atom. The minimum Gasteiger partial charge on any atom is -0.493 e. The van der Waals surface area contributed by atoms with E-state index in [1.165, 1.54) is 14.2 Å². The van der Waals surface area contributed by atoms with Gasteiger partial charge in [-0.3, -0.25) is 10.1 Å². The first-order valence-corrected chi connectivity index (χ1v) is 7.59. The van der Waals surface area contributed by atoms with E-state index in [0.717, 1.165) is 19.2 Å². The summed E-state index contributed by atoms with van der Waals surface area (Å²) in [7, 11) is 3.71. The second-order valence-corrected chi connectivity index (χ2v) is 5.49. The van der Waals surface area contributed by atoms with E-state index in [1.54, 1.807) is 0 Å². The Kier molecular flexibility index (Phi) is 6.51. The Bertz CT molecular complexity index is 707. The number of carbonyl (C=O) groups is 1. The minimum atomic E-state index is -1.85. The van der Waals surface area contributed by atoms with Crippen molar-refractivity contribution in [2.24, 2.45) is 0 Å². The van der Waals surface area contributed by atoms with E-state index in [1.807, 2.05) is 0 Å². The molecule has 150 valence electrons. The molecule has 27 heavy (non-hydrogen) atoms. The average molecular weight is 389 g/mol. The van der Waals surface area contributed by atoms with Gasteiger partial charge in [-0.2, -0.15) is 0 Å². The summed E-state index contributed by atoms with van der Waals surface area (Å²) in [6.45, 7) is 0. The summed E-state index contributed by atoms with van der Waals surface area (Å²) in [6, 6.07) is 2.05. The highest BCUT2D eigenvalue weighted by Gasteiger charge is 2.48. The molecule has 0 bridgehead atoms. The summed E-state index contributed by atoms with van der Waals surface area (Å²) >= 11 is 0. The fourth-order valence-corrected chi connectivity index (χ4v) is 2.48. The second-order valence-electron chi connectivity index (χ2n) is 5.49. The Morgan fingerprint density at radius 3 is 2.15 bits per heavy atom. The van der Waals surface area contributed by atoms with Crippen molar-refractivity contribution in [1.82, 2.24) is 0 Å². The Morgan fingerprint density at radius 1 is 1.04 bits per heavy atom. The molecule has 1 fully saturated rings. The fraction of sp³-hybridized carbons (Fsp3) is 0.533. The number of nitro benzene ring substituents is 1. The van der Waals surface area contributed by atoms with Gasteiger partial charge in [0.05, 0.1) is 25.2 Å². The number of aliphatic hydroxyl groups is 3. The van der Waals surface area contributed by atoms with E-state index >= 15 is 0 Å². The summed E-state index contributed by atoms with van der Waals surface area (Å²) < 4.78 is 24.8. The van der Waals surface area contributed by atoms with Crippen LogP contribution in [0.25, 0.3) is 0 Å². The number of nitro groups is 1. The quantitative estimate of drug-likeness (QED) is 0.235. The zero-order valence-electron chi connectivity index (χ0n) is 14.6. The lowest BCUT2D eigenvalue weighted by molar-refractivity contribution is -0.385. The first-order valence-electron chi connectivity index (χ1n) is 7.59. The van der Waals surface area contributed by atoms with Crippen molar-refractivity contribution in [2.45, 2.75) is 30.7 Å². The summed E-state index contributed by atoms with van der Waals surface area (Å²) in [5.74, 6) is -1.64. The Hall–Kier alpha value is -2.51. The molecule has 3 N–H and O–H groups in total. The second kappa shape index (κ2) is 8.45. The largest absolute Gasteiger partial charge is 0.493 e. The maximum Gasteiger partial charge on any atom is 0.343 e. The fourth-order valence-electron chi connectivity index (χ4n) is 2.48. The van der Waals surface area contributed by atoms with Crippen LogP contribution in [0.15, 0.2) is 12.1 Å². The molecular formula is C15H19NO11. The molecule has 1 saturated heterocycles. The summed E-state index contributed by atoms with van der Waals surface area (Å²) in [5, 5.41) is 40.7. The van der Waals surface area contributed by atoms with E-state index in [4.69, 9.17) is 23.7 Å². The SMILES string of the molecule is COc1cc(OC(=O)C2O[C@@H](OC)C(O)C(O)[C@@H]2O)c([N+](=O)[O-])cc1OC. The van der Waals surface area contributed by atoms with Crippen LogP contribution in [0.3, 0.4) is 0 Å². The number of ether oxygens (including phenoxy) is 5. The molecule has 2 rings (SSSR count). The van der Waals surface area contributed by atoms with Crippen molar-refractivity contribution in [3.05, 3.63) is 22.2 Å². The molecule has 0 aromatic heterocycles. The monoisotopic (exact) mass is 389 g/mol. The molecule has 12 heteroatoms. The van der Waals surface area contributed by atoms with Crippen molar-refractivity contribution < 1.29 is 48.7 Å². The van der Waals surface area contributed by atoms with Gasteiger partial charge in [0.25, 0.3) is 0 Å². The van der Waals surface area contributed by atoms with Gasteiger partial charge in [-0.05, 0) is 0 Å². The molecule has 1 aliphatic rings. The Balaban J connectivity index is 2.32. The van der Waals surface area contributed by atoms with Crippen molar-refractivity contribution in [3.8, 4) is 17.2 Å². The molecule has 3 unspecified atom stereocenters. The predicted molar refractivity (Wildman–Crippen MR) is 85.5 cm³/mol. The highest BCUT2D eigenvalue weighted by Crippen LogP contribution is 2.39. The number of methoxy groups -OCH3 is 3. The molecule has 1 heterocycles. The van der Waals surface area contributed by atoms with E-state index < -0.39 is 53.0 Å². The number of benzene rings is 1. The zero-order chi connectivity index (χ0) is 20.3. The predicted octanol–water partition coefficient (Wildman–Crippen LogP) is -1.03. The van der Waals surface area contributed by atoms with Gasteiger partial charge in [-0.15, -0.1) is 0 Å². The highest BCUT2D eigenvalue weighted by molar-refractivity contribution is 5.80. The molecule has 0 aliphatic carbocycles. The first-order chi connectivity index (χ1) is 12.7. The lowest BCUT2D eigenvalue weighted by atomic mass is 9.99. The topological polar surface area (TPSA) is 167 Å². The maximum absolute atomic E-state index is 12.4. The van der Waals surface area contributed by atoms with E-state index in [9.17, 15) is 30.2 Å². The standard InChI is InChI=1S/C15H19NO11/c1-23-8-4-6(16(21)22)7(5-9(8)24-2)26-14(20)13-11(18)10(17)12(19)15(25-3)27-13/h4-5,10-13,15,17-19H,1-3H3/t10?,11-,12?,13?,15+/m0/s1. The number of hydrogen-bond donors (Lipinski definition) is 3. The van der Waals surface area contributed by atoms with E-state index in [0.29, 0.717) is 0 Å². The third kappa shape index (κ3) is 4.09. The molecule has 1 aliphatic heterocycles. The molecule has 0 amide bonds. The lowest BCUT2D eigenvalue weighted by Gasteiger charge is -2.38. The zero-order valence-corrected chi connectivity index (χ0v) is 14.6. The number of hydrogen-bond acceptors (Lipinski definition) is 11. The van der Waals surface area contributed by atoms with Gasteiger partial charge >= 0.3 is 11.7 Å². The van der Waals surface area contributed by atoms with E-state index in [2.05, 4.69) is 0 Å². The van der Waals surface area contributed by atoms with Crippen LogP contribution >= 0.6 is 0 Å². The van der Waals surface area contributed by atoms with Crippen LogP contribution in [-0.4, -0.2) is 78.2 Å². The Labute approximate surface area is 152 Å². The molecule has 5 atom stereocenters. The van der Waals surface area contributed by atoms with Crippen LogP contribution in [0, 0.1) is 10.1 Å². The maximum atomic E-state index is 12.4. The molecule has 1 aromatic carbocycles. The molecule has 12 nitrogen and oxygen atoms in total. The van der Waals surface area contributed by atoms with Crippen molar-refractivity contribution >= 4 is 11.7 Å². The molecule has 0 radical (unpaired) electrons. The van der Waals surface area contributed by atoms with Gasteiger partial charge in [-0.1, -0.05) is 0 Å². The van der Waals surface area contributed by atoms with Gasteiger partial charge < -0.3 is 39.0 Å². The lowest BCUT2D eigenvalue weighted by Crippen LogP contribution is -2.60. The summed E-state index contributed by atoms with van der Waals surface area (Å²) in [6.07, 6.45) is -8.40. The number of esters is 1. The van der Waals surface area contributed by atoms with Crippen molar-refractivity contribution in [2.75, 3.05) is 21.3 Å². The van der Waals surface area contributed by atoms with Crippen LogP contribution in [0.1, 0.15) is 0 Å². The van der Waals surface area contributed by atoms with Gasteiger partial charge in [-0.25, -0.2) is 4.79 Å². The van der Waals surface area contributed by atoms with Crippen LogP contribution < -0.4 is 14.2 Å². The van der Waals surface area contributed by atoms with Crippen LogP contribution in [-0.2, 0) is 14.3 Å². The van der Waals surface area contributed by atoms with Crippen LogP contribution in [0.4, 0.5) is 5.69 Å². The van der Waals surface area contributed by atoms with Gasteiger partial charge in [0.15, 0.2) is 23.9 Å². The summed E-state index contributed by atoms with van der Waals surface area (Å²) in [5.41, 5.74) is -0.602. The number of carbonyl (C=O) groups excluding carboxylic acids is 1. The molecule has 0 saturated carbocycles. The third-order valence-electron chi connectivity index (χ3n) is 3.91. The van der Waals surface area contributed by atoms with Crippen LogP contribution in [0.2, 0.25) is 0 Å². The van der Waals surface area contributed by atoms with E-state index in [-0.39, 0.29) is 11.5 Å². The smallest absolute Gasteiger partial charge is 0.343 e.